The van der Waals surface area contributed by atoms with Crippen molar-refractivity contribution in [2.75, 3.05) is 11.1 Å². The number of alkyl carbamates (subject to hydrolysis) is 1. The summed E-state index contributed by atoms with van der Waals surface area (Å²) in [5.74, 6) is 0.934. The number of nitrogens with one attached hydrogen (secondary N) is 2. The van der Waals surface area contributed by atoms with Crippen LogP contribution in [0.5, 0.6) is 0 Å². The molecule has 6 heteroatoms. The van der Waals surface area contributed by atoms with Crippen LogP contribution in [0.3, 0.4) is 0 Å². The van der Waals surface area contributed by atoms with Gasteiger partial charge in [0.2, 0.25) is 0 Å². The summed E-state index contributed by atoms with van der Waals surface area (Å²) >= 11 is 7.78. The zero-order valence-electron chi connectivity index (χ0n) is 13.5. The summed E-state index contributed by atoms with van der Waals surface area (Å²) in [7, 11) is 0. The number of halogens is 1. The van der Waals surface area contributed by atoms with Crippen LogP contribution in [0.2, 0.25) is 5.02 Å². The third kappa shape index (κ3) is 7.09. The summed E-state index contributed by atoms with van der Waals surface area (Å²) in [6.07, 6.45) is -0.442. The van der Waals surface area contributed by atoms with Gasteiger partial charge >= 0.3 is 6.09 Å². The van der Waals surface area contributed by atoms with Crippen molar-refractivity contribution >= 4 is 35.1 Å². The number of carbonyl (C=O) groups is 1. The second kappa shape index (κ2) is 8.34. The van der Waals surface area contributed by atoms with Crippen molar-refractivity contribution in [2.24, 2.45) is 0 Å². The Balaban J connectivity index is 2.65. The van der Waals surface area contributed by atoms with E-state index in [4.69, 9.17) is 16.3 Å². The van der Waals surface area contributed by atoms with Gasteiger partial charge in [0.05, 0.1) is 15.7 Å². The van der Waals surface area contributed by atoms with Gasteiger partial charge in [-0.3, -0.25) is 0 Å². The van der Waals surface area contributed by atoms with Gasteiger partial charge in [-0.2, -0.15) is 0 Å². The molecule has 0 fully saturated rings. The number of hydrogen-bond donors (Lipinski definition) is 2. The molecule has 1 rings (SSSR count). The van der Waals surface area contributed by atoms with Crippen molar-refractivity contribution in [1.29, 1.82) is 0 Å². The molecule has 0 spiro atoms. The van der Waals surface area contributed by atoms with Gasteiger partial charge in [-0.1, -0.05) is 31.2 Å². The van der Waals surface area contributed by atoms with E-state index in [2.05, 4.69) is 24.1 Å². The van der Waals surface area contributed by atoms with Gasteiger partial charge in [0.25, 0.3) is 0 Å². The minimum Gasteiger partial charge on any atom is -0.444 e. The molecule has 0 aliphatic heterocycles. The van der Waals surface area contributed by atoms with Crippen LogP contribution in [0, 0.1) is 0 Å². The molecular formula is C16H23ClN2O2S. The molecule has 0 aliphatic carbocycles. The fraction of sp³-hybridized carbons (Fsp3) is 0.438. The number of ether oxygens (including phenoxy) is 1. The Morgan fingerprint density at radius 1 is 1.41 bits per heavy atom. The molecule has 0 radical (unpaired) electrons. The third-order valence-corrected chi connectivity index (χ3v) is 3.53. The van der Waals surface area contributed by atoms with E-state index in [-0.39, 0.29) is 0 Å². The molecule has 0 atom stereocenters. The quantitative estimate of drug-likeness (QED) is 0.763. The number of rotatable bonds is 6. The highest BCUT2D eigenvalue weighted by molar-refractivity contribution is 8.03. The van der Waals surface area contributed by atoms with E-state index in [9.17, 15) is 4.79 Å². The third-order valence-electron chi connectivity index (χ3n) is 2.46. The lowest BCUT2D eigenvalue weighted by Crippen LogP contribution is -2.32. The molecule has 1 aromatic rings. The topological polar surface area (TPSA) is 50.4 Å². The van der Waals surface area contributed by atoms with Crippen molar-refractivity contribution in [2.45, 2.75) is 39.8 Å². The number of thioether (sulfide) groups is 1. The summed E-state index contributed by atoms with van der Waals surface area (Å²) in [5, 5.41) is 7.34. The van der Waals surface area contributed by atoms with E-state index in [1.165, 1.54) is 0 Å². The first-order chi connectivity index (χ1) is 10.2. The molecule has 4 nitrogen and oxygen atoms in total. The zero-order chi connectivity index (χ0) is 16.8. The largest absolute Gasteiger partial charge is 0.444 e. The molecule has 0 unspecified atom stereocenters. The molecule has 0 aromatic heterocycles. The van der Waals surface area contributed by atoms with Gasteiger partial charge < -0.3 is 15.4 Å². The minimum absolute atomic E-state index is 0.369. The average Bonchev–Trinajstić information content (AvgIpc) is 2.38. The van der Waals surface area contributed by atoms with Crippen LogP contribution >= 0.6 is 23.4 Å². The molecule has 2 N–H and O–H groups in total. The van der Waals surface area contributed by atoms with E-state index < -0.39 is 11.7 Å². The number of anilines is 1. The normalized spacial score (nSPS) is 11.0. The van der Waals surface area contributed by atoms with E-state index >= 15 is 0 Å². The average molecular weight is 343 g/mol. The Labute approximate surface area is 141 Å². The zero-order valence-corrected chi connectivity index (χ0v) is 15.0. The number of benzene rings is 1. The van der Waals surface area contributed by atoms with Crippen molar-refractivity contribution in [3.05, 3.63) is 40.4 Å². The maximum absolute atomic E-state index is 11.7. The molecule has 122 valence electrons. The lowest BCUT2D eigenvalue weighted by Gasteiger charge is -2.19. The molecule has 1 aromatic carbocycles. The lowest BCUT2D eigenvalue weighted by molar-refractivity contribution is 0.0523. The summed E-state index contributed by atoms with van der Waals surface area (Å²) in [6, 6.07) is 5.54. The second-order valence-electron chi connectivity index (χ2n) is 5.65. The molecular weight excluding hydrogens is 320 g/mol. The maximum Gasteiger partial charge on any atom is 0.407 e. The van der Waals surface area contributed by atoms with Crippen LogP contribution in [-0.4, -0.2) is 17.4 Å². The Morgan fingerprint density at radius 2 is 2.09 bits per heavy atom. The summed E-state index contributed by atoms with van der Waals surface area (Å²) < 4.78 is 5.20. The molecule has 0 saturated heterocycles. The van der Waals surface area contributed by atoms with Crippen molar-refractivity contribution in [3.8, 4) is 0 Å². The van der Waals surface area contributed by atoms with Crippen LogP contribution in [0.25, 0.3) is 0 Å². The number of amides is 1. The van der Waals surface area contributed by atoms with Crippen LogP contribution in [-0.2, 0) is 11.3 Å². The van der Waals surface area contributed by atoms with E-state index in [1.807, 2.05) is 32.9 Å². The maximum atomic E-state index is 11.7. The first-order valence-electron chi connectivity index (χ1n) is 7.05. The molecule has 0 aliphatic rings. The molecule has 22 heavy (non-hydrogen) atoms. The van der Waals surface area contributed by atoms with Gasteiger partial charge in [0.1, 0.15) is 5.60 Å². The Bertz CT molecular complexity index is 541. The fourth-order valence-corrected chi connectivity index (χ4v) is 2.32. The Kier molecular flexibility index (Phi) is 7.10. The van der Waals surface area contributed by atoms with Gasteiger partial charge in [0.15, 0.2) is 0 Å². The Hall–Kier alpha value is -1.33. The number of carbonyl (C=O) groups excluding carboxylic acids is 1. The minimum atomic E-state index is -0.508. The molecule has 1 amide bonds. The van der Waals surface area contributed by atoms with Gasteiger partial charge in [-0.15, -0.1) is 11.8 Å². The van der Waals surface area contributed by atoms with Crippen LogP contribution in [0.4, 0.5) is 10.5 Å². The first kappa shape index (κ1) is 18.7. The highest BCUT2D eigenvalue weighted by atomic mass is 35.5. The predicted octanol–water partition coefficient (Wildman–Crippen LogP) is 5.00. The van der Waals surface area contributed by atoms with Crippen LogP contribution < -0.4 is 10.6 Å². The standard InChI is InChI=1S/C16H23ClN2O2S/c1-6-22-11(2)19-14-9-12(7-8-13(14)17)10-18-15(20)21-16(3,4)5/h7-9,19H,2,6,10H2,1,3-5H3,(H,18,20). The molecule has 0 saturated carbocycles. The predicted molar refractivity (Wildman–Crippen MR) is 95.4 cm³/mol. The number of hydrogen-bond acceptors (Lipinski definition) is 4. The van der Waals surface area contributed by atoms with Crippen molar-refractivity contribution in [3.63, 3.8) is 0 Å². The van der Waals surface area contributed by atoms with Crippen LogP contribution in [0.1, 0.15) is 33.3 Å². The first-order valence-corrected chi connectivity index (χ1v) is 8.41. The Morgan fingerprint density at radius 3 is 2.68 bits per heavy atom. The smallest absolute Gasteiger partial charge is 0.407 e. The van der Waals surface area contributed by atoms with E-state index in [0.717, 1.165) is 22.0 Å². The van der Waals surface area contributed by atoms with Gasteiger partial charge in [-0.05, 0) is 44.2 Å². The second-order valence-corrected chi connectivity index (χ2v) is 7.42. The van der Waals surface area contributed by atoms with Crippen LogP contribution in [0.15, 0.2) is 29.8 Å². The van der Waals surface area contributed by atoms with E-state index in [0.29, 0.717) is 11.6 Å². The van der Waals surface area contributed by atoms with E-state index in [1.54, 1.807) is 17.8 Å². The molecule has 0 heterocycles. The summed E-state index contributed by atoms with van der Waals surface area (Å²) in [6.45, 7) is 11.8. The van der Waals surface area contributed by atoms with Gasteiger partial charge in [0, 0.05) is 6.54 Å². The monoisotopic (exact) mass is 342 g/mol. The van der Waals surface area contributed by atoms with Gasteiger partial charge in [-0.25, -0.2) is 4.79 Å². The molecule has 0 bridgehead atoms. The summed E-state index contributed by atoms with van der Waals surface area (Å²) in [4.78, 5) is 11.7. The highest BCUT2D eigenvalue weighted by Gasteiger charge is 2.15. The lowest BCUT2D eigenvalue weighted by atomic mass is 10.2. The van der Waals surface area contributed by atoms with Crippen molar-refractivity contribution in [1.82, 2.24) is 5.32 Å². The SMILES string of the molecule is C=C(Nc1cc(CNC(=O)OC(C)(C)C)ccc1Cl)SCC. The fourth-order valence-electron chi connectivity index (χ4n) is 1.63. The summed E-state index contributed by atoms with van der Waals surface area (Å²) in [5.41, 5.74) is 1.19. The highest BCUT2D eigenvalue weighted by Crippen LogP contribution is 2.26. The van der Waals surface area contributed by atoms with Crippen molar-refractivity contribution < 1.29 is 9.53 Å².